The van der Waals surface area contributed by atoms with Crippen LogP contribution in [0.3, 0.4) is 0 Å². The van der Waals surface area contributed by atoms with E-state index < -0.39 is 10.0 Å². The first-order valence-electron chi connectivity index (χ1n) is 5.74. The summed E-state index contributed by atoms with van der Waals surface area (Å²) >= 11 is 0. The minimum absolute atomic E-state index is 0.0508. The fourth-order valence-corrected chi connectivity index (χ4v) is 2.60. The molecule has 1 aliphatic rings. The quantitative estimate of drug-likeness (QED) is 0.691. The second-order valence-corrected chi connectivity index (χ2v) is 5.84. The number of rotatable bonds is 4. The zero-order chi connectivity index (χ0) is 13.2. The Morgan fingerprint density at radius 1 is 1.44 bits per heavy atom. The number of ether oxygens (including phenoxy) is 1. The molecule has 1 aliphatic heterocycles. The van der Waals surface area contributed by atoms with E-state index in [9.17, 15) is 8.42 Å². The molecule has 1 unspecified atom stereocenters. The summed E-state index contributed by atoms with van der Waals surface area (Å²) in [6.45, 7) is 1.49. The van der Waals surface area contributed by atoms with Gasteiger partial charge in [0.2, 0.25) is 10.0 Å². The van der Waals surface area contributed by atoms with E-state index in [2.05, 4.69) is 5.32 Å². The van der Waals surface area contributed by atoms with Crippen LogP contribution in [-0.2, 0) is 14.8 Å². The average molecular weight is 271 g/mol. The molecular weight excluding hydrogens is 254 g/mol. The maximum atomic E-state index is 11.2. The van der Waals surface area contributed by atoms with E-state index in [1.54, 1.807) is 12.1 Å². The Balaban J connectivity index is 2.04. The first kappa shape index (κ1) is 13.1. The molecule has 1 aromatic carbocycles. The Kier molecular flexibility index (Phi) is 3.74. The van der Waals surface area contributed by atoms with E-state index in [-0.39, 0.29) is 16.7 Å². The van der Waals surface area contributed by atoms with Gasteiger partial charge in [0.25, 0.3) is 0 Å². The maximum absolute atomic E-state index is 11.2. The van der Waals surface area contributed by atoms with Crippen molar-refractivity contribution in [1.82, 2.24) is 0 Å². The van der Waals surface area contributed by atoms with Gasteiger partial charge in [0.15, 0.2) is 0 Å². The van der Waals surface area contributed by atoms with Crippen molar-refractivity contribution >= 4 is 21.4 Å². The number of nitrogen functional groups attached to an aromatic ring is 1. The molecule has 0 aromatic heterocycles. The first-order chi connectivity index (χ1) is 8.47. The number of hydrogen-bond acceptors (Lipinski definition) is 5. The van der Waals surface area contributed by atoms with Crippen molar-refractivity contribution in [3.63, 3.8) is 0 Å². The topological polar surface area (TPSA) is 107 Å². The molecule has 1 atom stereocenters. The van der Waals surface area contributed by atoms with Gasteiger partial charge < -0.3 is 15.8 Å². The van der Waals surface area contributed by atoms with Crippen LogP contribution in [0.1, 0.15) is 12.8 Å². The molecular formula is C11H17N3O3S. The van der Waals surface area contributed by atoms with Crippen molar-refractivity contribution in [2.75, 3.05) is 24.2 Å². The highest BCUT2D eigenvalue weighted by atomic mass is 32.2. The van der Waals surface area contributed by atoms with E-state index >= 15 is 0 Å². The second-order valence-electron chi connectivity index (χ2n) is 4.31. The Labute approximate surface area is 106 Å². The summed E-state index contributed by atoms with van der Waals surface area (Å²) in [7, 11) is -3.76. The minimum Gasteiger partial charge on any atom is -0.398 e. The van der Waals surface area contributed by atoms with Gasteiger partial charge in [-0.2, -0.15) is 0 Å². The van der Waals surface area contributed by atoms with Gasteiger partial charge >= 0.3 is 0 Å². The summed E-state index contributed by atoms with van der Waals surface area (Å²) in [4.78, 5) is -0.0508. The van der Waals surface area contributed by atoms with Crippen molar-refractivity contribution in [3.05, 3.63) is 18.2 Å². The first-order valence-corrected chi connectivity index (χ1v) is 7.29. The molecule has 1 saturated heterocycles. The second kappa shape index (κ2) is 5.13. The zero-order valence-corrected chi connectivity index (χ0v) is 10.7. The molecule has 5 N–H and O–H groups in total. The molecule has 0 radical (unpaired) electrons. The predicted molar refractivity (Wildman–Crippen MR) is 69.7 cm³/mol. The monoisotopic (exact) mass is 271 g/mol. The Bertz CT molecular complexity index is 524. The third-order valence-corrected chi connectivity index (χ3v) is 3.86. The van der Waals surface area contributed by atoms with Crippen LogP contribution in [0, 0.1) is 0 Å². The summed E-state index contributed by atoms with van der Waals surface area (Å²) in [5.41, 5.74) is 6.57. The van der Waals surface area contributed by atoms with Crippen LogP contribution in [0.25, 0.3) is 0 Å². The van der Waals surface area contributed by atoms with Crippen molar-refractivity contribution in [3.8, 4) is 0 Å². The van der Waals surface area contributed by atoms with Gasteiger partial charge in [-0.15, -0.1) is 0 Å². The highest BCUT2D eigenvalue weighted by Crippen LogP contribution is 2.22. The van der Waals surface area contributed by atoms with E-state index in [0.717, 1.165) is 25.1 Å². The van der Waals surface area contributed by atoms with Gasteiger partial charge in [-0.05, 0) is 31.0 Å². The Morgan fingerprint density at radius 2 is 2.22 bits per heavy atom. The molecule has 0 amide bonds. The molecule has 2 rings (SSSR count). The van der Waals surface area contributed by atoms with Gasteiger partial charge in [0.1, 0.15) is 4.90 Å². The molecule has 1 aromatic rings. The number of sulfonamides is 1. The molecule has 1 heterocycles. The van der Waals surface area contributed by atoms with Gasteiger partial charge in [-0.25, -0.2) is 13.6 Å². The average Bonchev–Trinajstić information content (AvgIpc) is 2.77. The fourth-order valence-electron chi connectivity index (χ4n) is 1.95. The lowest BCUT2D eigenvalue weighted by atomic mass is 10.2. The predicted octanol–water partition coefficient (Wildman–Crippen LogP) is 0.507. The molecule has 0 bridgehead atoms. The molecule has 1 fully saturated rings. The number of anilines is 2. The molecule has 0 saturated carbocycles. The lowest BCUT2D eigenvalue weighted by Crippen LogP contribution is -2.19. The normalized spacial score (nSPS) is 19.9. The summed E-state index contributed by atoms with van der Waals surface area (Å²) < 4.78 is 27.9. The third-order valence-electron chi connectivity index (χ3n) is 2.87. The number of hydrogen-bond donors (Lipinski definition) is 3. The lowest BCUT2D eigenvalue weighted by Gasteiger charge is -2.13. The summed E-state index contributed by atoms with van der Waals surface area (Å²) in [6.07, 6.45) is 2.33. The number of nitrogens with one attached hydrogen (secondary N) is 1. The van der Waals surface area contributed by atoms with Crippen molar-refractivity contribution < 1.29 is 13.2 Å². The van der Waals surface area contributed by atoms with Crippen LogP contribution in [-0.4, -0.2) is 27.7 Å². The van der Waals surface area contributed by atoms with E-state index in [0.29, 0.717) is 6.54 Å². The van der Waals surface area contributed by atoms with Crippen LogP contribution >= 0.6 is 0 Å². The molecule has 6 nitrogen and oxygen atoms in total. The number of nitrogens with two attached hydrogens (primary N) is 2. The van der Waals surface area contributed by atoms with E-state index in [1.807, 2.05) is 0 Å². The number of primary sulfonamides is 1. The van der Waals surface area contributed by atoms with Gasteiger partial charge in [-0.1, -0.05) is 0 Å². The summed E-state index contributed by atoms with van der Waals surface area (Å²) in [5, 5.41) is 8.20. The molecule has 7 heteroatoms. The highest BCUT2D eigenvalue weighted by molar-refractivity contribution is 7.89. The van der Waals surface area contributed by atoms with Crippen LogP contribution in [0.4, 0.5) is 11.4 Å². The van der Waals surface area contributed by atoms with Gasteiger partial charge in [0, 0.05) is 18.8 Å². The van der Waals surface area contributed by atoms with Crippen LogP contribution in [0.2, 0.25) is 0 Å². The minimum atomic E-state index is -3.76. The summed E-state index contributed by atoms with van der Waals surface area (Å²) in [5.74, 6) is 0. The van der Waals surface area contributed by atoms with Crippen LogP contribution in [0.5, 0.6) is 0 Å². The lowest BCUT2D eigenvalue weighted by molar-refractivity contribution is 0.120. The fraction of sp³-hybridized carbons (Fsp3) is 0.455. The third kappa shape index (κ3) is 3.12. The van der Waals surface area contributed by atoms with E-state index in [4.69, 9.17) is 15.6 Å². The Hall–Kier alpha value is -1.31. The van der Waals surface area contributed by atoms with Crippen LogP contribution < -0.4 is 16.2 Å². The molecule has 100 valence electrons. The molecule has 18 heavy (non-hydrogen) atoms. The van der Waals surface area contributed by atoms with Crippen molar-refractivity contribution in [1.29, 1.82) is 0 Å². The van der Waals surface area contributed by atoms with Crippen molar-refractivity contribution in [2.45, 2.75) is 23.8 Å². The maximum Gasteiger partial charge on any atom is 0.240 e. The van der Waals surface area contributed by atoms with Gasteiger partial charge in [0.05, 0.1) is 11.8 Å². The van der Waals surface area contributed by atoms with Crippen molar-refractivity contribution in [2.24, 2.45) is 5.14 Å². The largest absolute Gasteiger partial charge is 0.398 e. The SMILES string of the molecule is Nc1cc(NCC2CCCO2)ccc1S(N)(=O)=O. The Morgan fingerprint density at radius 3 is 2.78 bits per heavy atom. The smallest absolute Gasteiger partial charge is 0.240 e. The highest BCUT2D eigenvalue weighted by Gasteiger charge is 2.16. The van der Waals surface area contributed by atoms with Crippen LogP contribution in [0.15, 0.2) is 23.1 Å². The zero-order valence-electron chi connectivity index (χ0n) is 9.93. The standard InChI is InChI=1S/C11H17N3O3S/c12-10-6-8(3-4-11(10)18(13,15)16)14-7-9-2-1-5-17-9/h3-4,6,9,14H,1-2,5,7,12H2,(H2,13,15,16). The molecule has 0 aliphatic carbocycles. The summed E-state index contributed by atoms with van der Waals surface area (Å²) in [6, 6.07) is 4.61. The molecule has 0 spiro atoms. The number of benzene rings is 1. The van der Waals surface area contributed by atoms with Gasteiger partial charge in [-0.3, -0.25) is 0 Å². The van der Waals surface area contributed by atoms with E-state index in [1.165, 1.54) is 6.07 Å².